The molecule has 4 heteroatoms. The van der Waals surface area contributed by atoms with Crippen molar-refractivity contribution in [3.8, 4) is 11.5 Å². The smallest absolute Gasteiger partial charge is 0.127 e. The molecule has 1 saturated heterocycles. The lowest BCUT2D eigenvalue weighted by atomic mass is 9.82. The minimum absolute atomic E-state index is 0.235. The van der Waals surface area contributed by atoms with Gasteiger partial charge in [0, 0.05) is 44.2 Å². The number of aromatic hydroxyl groups is 1. The molecular weight excluding hydrogens is 288 g/mol. The van der Waals surface area contributed by atoms with Gasteiger partial charge < -0.3 is 19.6 Å². The highest BCUT2D eigenvalue weighted by molar-refractivity contribution is 5.61. The molecule has 0 amide bonds. The number of fused-ring (bicyclic) bond motifs is 1. The minimum atomic E-state index is -0.235. The third kappa shape index (κ3) is 2.72. The molecule has 4 nitrogen and oxygen atoms in total. The molecular formula is C19H30N2O2. The Labute approximate surface area is 140 Å². The molecule has 2 aliphatic heterocycles. The number of phenolic OH excluding ortho intramolecular Hbond substituents is 1. The summed E-state index contributed by atoms with van der Waals surface area (Å²) in [6.45, 7) is 15.9. The average molecular weight is 318 g/mol. The predicted molar refractivity (Wildman–Crippen MR) is 93.7 cm³/mol. The highest BCUT2D eigenvalue weighted by atomic mass is 16.5. The second-order valence-corrected chi connectivity index (χ2v) is 7.83. The van der Waals surface area contributed by atoms with Gasteiger partial charge in [0.25, 0.3) is 0 Å². The first-order chi connectivity index (χ1) is 10.7. The zero-order chi connectivity index (χ0) is 16.9. The van der Waals surface area contributed by atoms with Crippen LogP contribution in [0.2, 0.25) is 0 Å². The van der Waals surface area contributed by atoms with Crippen molar-refractivity contribution in [2.45, 2.75) is 46.1 Å². The van der Waals surface area contributed by atoms with E-state index in [0.29, 0.717) is 11.7 Å². The second-order valence-electron chi connectivity index (χ2n) is 7.83. The normalized spacial score (nSPS) is 24.5. The van der Waals surface area contributed by atoms with Crippen molar-refractivity contribution in [1.29, 1.82) is 0 Å². The van der Waals surface area contributed by atoms with Crippen molar-refractivity contribution in [2.75, 3.05) is 39.8 Å². The van der Waals surface area contributed by atoms with Crippen LogP contribution in [0.4, 0.5) is 0 Å². The fourth-order valence-electron chi connectivity index (χ4n) is 3.96. The number of benzene rings is 1. The third-order valence-electron chi connectivity index (χ3n) is 5.85. The Hall–Kier alpha value is -1.26. The van der Waals surface area contributed by atoms with Crippen molar-refractivity contribution in [3.05, 3.63) is 22.3 Å². The molecule has 0 spiro atoms. The molecule has 1 atom stereocenters. The van der Waals surface area contributed by atoms with Gasteiger partial charge in [-0.2, -0.15) is 0 Å². The van der Waals surface area contributed by atoms with E-state index in [4.69, 9.17) is 4.74 Å². The Morgan fingerprint density at radius 3 is 2.26 bits per heavy atom. The molecule has 0 unspecified atom stereocenters. The van der Waals surface area contributed by atoms with Gasteiger partial charge >= 0.3 is 0 Å². The minimum Gasteiger partial charge on any atom is -0.507 e. The Morgan fingerprint density at radius 2 is 1.65 bits per heavy atom. The maximum Gasteiger partial charge on any atom is 0.127 e. The highest BCUT2D eigenvalue weighted by Gasteiger charge is 2.44. The largest absolute Gasteiger partial charge is 0.507 e. The zero-order valence-corrected chi connectivity index (χ0v) is 15.4. The van der Waals surface area contributed by atoms with Crippen LogP contribution in [-0.4, -0.2) is 60.3 Å². The molecule has 0 radical (unpaired) electrons. The summed E-state index contributed by atoms with van der Waals surface area (Å²) in [4.78, 5) is 4.92. The van der Waals surface area contributed by atoms with Crippen LogP contribution in [0.15, 0.2) is 0 Å². The lowest BCUT2D eigenvalue weighted by molar-refractivity contribution is 0.0745. The molecule has 0 bridgehead atoms. The molecule has 1 fully saturated rings. The van der Waals surface area contributed by atoms with Gasteiger partial charge in [-0.25, -0.2) is 0 Å². The van der Waals surface area contributed by atoms with Crippen LogP contribution in [0.1, 0.15) is 42.0 Å². The fourth-order valence-corrected chi connectivity index (χ4v) is 3.96. The summed E-state index contributed by atoms with van der Waals surface area (Å²) >= 11 is 0. The van der Waals surface area contributed by atoms with Gasteiger partial charge in [-0.1, -0.05) is 0 Å². The van der Waals surface area contributed by atoms with Crippen LogP contribution < -0.4 is 4.74 Å². The third-order valence-corrected chi connectivity index (χ3v) is 5.85. The molecule has 2 heterocycles. The number of rotatable bonds is 2. The molecule has 0 aliphatic carbocycles. The van der Waals surface area contributed by atoms with Crippen molar-refractivity contribution in [2.24, 2.45) is 0 Å². The number of hydrogen-bond acceptors (Lipinski definition) is 4. The van der Waals surface area contributed by atoms with Crippen LogP contribution >= 0.6 is 0 Å². The maximum absolute atomic E-state index is 10.5. The number of phenols is 1. The van der Waals surface area contributed by atoms with Crippen molar-refractivity contribution < 1.29 is 9.84 Å². The van der Waals surface area contributed by atoms with E-state index in [0.717, 1.165) is 55.2 Å². The number of hydrogen-bond donors (Lipinski definition) is 1. The van der Waals surface area contributed by atoms with Crippen LogP contribution in [0, 0.1) is 20.8 Å². The number of nitrogens with zero attached hydrogens (tertiary/aromatic N) is 2. The van der Waals surface area contributed by atoms with Crippen LogP contribution in [0.5, 0.6) is 11.5 Å². The first-order valence-corrected chi connectivity index (χ1v) is 8.65. The molecule has 1 aromatic carbocycles. The van der Waals surface area contributed by atoms with Crippen molar-refractivity contribution in [1.82, 2.24) is 9.80 Å². The maximum atomic E-state index is 10.5. The Bertz CT molecular complexity index is 617. The topological polar surface area (TPSA) is 35.9 Å². The summed E-state index contributed by atoms with van der Waals surface area (Å²) in [5, 5.41) is 10.5. The first kappa shape index (κ1) is 16.6. The standard InChI is InChI=1S/C19H30N2O2/c1-12-13(2)18-16(14(3)17(12)22)15(19(4,5)23-18)11-21-9-7-20(6)8-10-21/h15,22H,7-11H2,1-6H3/t15-/m1/s1. The van der Waals surface area contributed by atoms with Gasteiger partial charge in [0.15, 0.2) is 0 Å². The molecule has 23 heavy (non-hydrogen) atoms. The monoisotopic (exact) mass is 318 g/mol. The van der Waals surface area contributed by atoms with E-state index in [2.05, 4.69) is 37.6 Å². The van der Waals surface area contributed by atoms with Gasteiger partial charge in [-0.3, -0.25) is 0 Å². The van der Waals surface area contributed by atoms with Gasteiger partial charge in [-0.15, -0.1) is 0 Å². The van der Waals surface area contributed by atoms with E-state index in [1.807, 2.05) is 13.8 Å². The van der Waals surface area contributed by atoms with Gasteiger partial charge in [0.05, 0.1) is 0 Å². The summed E-state index contributed by atoms with van der Waals surface area (Å²) in [6.07, 6.45) is 0. The van der Waals surface area contributed by atoms with E-state index in [-0.39, 0.29) is 5.60 Å². The van der Waals surface area contributed by atoms with Gasteiger partial charge in [0.1, 0.15) is 17.1 Å². The van der Waals surface area contributed by atoms with Gasteiger partial charge in [0.2, 0.25) is 0 Å². The van der Waals surface area contributed by atoms with Crippen LogP contribution in [-0.2, 0) is 0 Å². The van der Waals surface area contributed by atoms with E-state index in [1.54, 1.807) is 0 Å². The second kappa shape index (κ2) is 5.67. The number of likely N-dealkylation sites (N-methyl/N-ethyl adjacent to an activating group) is 1. The summed E-state index contributed by atoms with van der Waals surface area (Å²) < 4.78 is 6.37. The molecule has 0 aromatic heterocycles. The van der Waals surface area contributed by atoms with Crippen LogP contribution in [0.25, 0.3) is 0 Å². The van der Waals surface area contributed by atoms with E-state index in [1.165, 1.54) is 5.56 Å². The zero-order valence-electron chi connectivity index (χ0n) is 15.4. The predicted octanol–water partition coefficient (Wildman–Crippen LogP) is 2.82. The molecule has 2 aliphatic rings. The summed E-state index contributed by atoms with van der Waals surface area (Å²) in [6, 6.07) is 0. The average Bonchev–Trinajstić information content (AvgIpc) is 2.77. The Kier molecular flexibility index (Phi) is 4.09. The highest BCUT2D eigenvalue weighted by Crippen LogP contribution is 2.51. The fraction of sp³-hybridized carbons (Fsp3) is 0.684. The summed E-state index contributed by atoms with van der Waals surface area (Å²) in [5.74, 6) is 1.74. The number of piperazine rings is 1. The Balaban J connectivity index is 1.96. The van der Waals surface area contributed by atoms with Crippen LogP contribution in [0.3, 0.4) is 0 Å². The molecule has 0 saturated carbocycles. The SMILES string of the molecule is Cc1c(C)c2c(c(C)c1O)[C@@H](CN1CCN(C)CC1)C(C)(C)O2. The molecule has 1 aromatic rings. The van der Waals surface area contributed by atoms with E-state index in [9.17, 15) is 5.11 Å². The lowest BCUT2D eigenvalue weighted by Gasteiger charge is -2.36. The summed E-state index contributed by atoms with van der Waals surface area (Å²) in [7, 11) is 2.18. The first-order valence-electron chi connectivity index (χ1n) is 8.65. The molecule has 1 N–H and O–H groups in total. The number of ether oxygens (including phenoxy) is 1. The lowest BCUT2D eigenvalue weighted by Crippen LogP contribution is -2.48. The van der Waals surface area contributed by atoms with Crippen molar-refractivity contribution >= 4 is 0 Å². The molecule has 3 rings (SSSR count). The quantitative estimate of drug-likeness (QED) is 0.909. The van der Waals surface area contributed by atoms with E-state index < -0.39 is 0 Å². The summed E-state index contributed by atoms with van der Waals surface area (Å²) in [5.41, 5.74) is 4.00. The van der Waals surface area contributed by atoms with E-state index >= 15 is 0 Å². The van der Waals surface area contributed by atoms with Crippen molar-refractivity contribution in [3.63, 3.8) is 0 Å². The Morgan fingerprint density at radius 1 is 1.04 bits per heavy atom. The van der Waals surface area contributed by atoms with Gasteiger partial charge in [-0.05, 0) is 58.4 Å². The molecule has 128 valence electrons.